The average molecular weight is 289 g/mol. The molecule has 20 heavy (non-hydrogen) atoms. The maximum atomic E-state index is 12.2. The lowest BCUT2D eigenvalue weighted by molar-refractivity contribution is 0.407. The lowest BCUT2D eigenvalue weighted by atomic mass is 10.1. The van der Waals surface area contributed by atoms with Gasteiger partial charge < -0.3 is 10.5 Å². The summed E-state index contributed by atoms with van der Waals surface area (Å²) >= 11 is 0. The summed E-state index contributed by atoms with van der Waals surface area (Å²) in [6.45, 7) is 0. The van der Waals surface area contributed by atoms with Gasteiger partial charge in [0.1, 0.15) is 5.75 Å². The Hall–Kier alpha value is -1.65. The maximum Gasteiger partial charge on any atom is 0.123 e. The normalized spacial score (nSPS) is 13.7. The second-order valence-electron chi connectivity index (χ2n) is 4.58. The molecule has 0 amide bonds. The van der Waals surface area contributed by atoms with Crippen molar-refractivity contribution in [1.29, 1.82) is 0 Å². The first-order valence-corrected chi connectivity index (χ1v) is 7.97. The van der Waals surface area contributed by atoms with E-state index in [-0.39, 0.29) is 6.04 Å². The molecule has 0 fully saturated rings. The smallest absolute Gasteiger partial charge is 0.123 e. The zero-order valence-corrected chi connectivity index (χ0v) is 12.3. The molecule has 2 unspecified atom stereocenters. The first kappa shape index (κ1) is 14.8. The second kappa shape index (κ2) is 7.22. The van der Waals surface area contributed by atoms with Gasteiger partial charge in [0.25, 0.3) is 0 Å². The van der Waals surface area contributed by atoms with Crippen molar-refractivity contribution >= 4 is 10.8 Å². The van der Waals surface area contributed by atoms with Crippen LogP contribution in [0.25, 0.3) is 0 Å². The summed E-state index contributed by atoms with van der Waals surface area (Å²) in [4.78, 5) is 0. The van der Waals surface area contributed by atoms with Gasteiger partial charge in [-0.3, -0.25) is 4.21 Å². The molecule has 3 nitrogen and oxygen atoms in total. The number of ether oxygens (including phenoxy) is 1. The number of methoxy groups -OCH3 is 1. The Labute approximate surface area is 122 Å². The molecule has 106 valence electrons. The second-order valence-corrected chi connectivity index (χ2v) is 6.09. The molecule has 0 saturated carbocycles. The van der Waals surface area contributed by atoms with E-state index >= 15 is 0 Å². The van der Waals surface area contributed by atoms with Crippen LogP contribution in [-0.2, 0) is 16.6 Å². The molecular weight excluding hydrogens is 270 g/mol. The van der Waals surface area contributed by atoms with Gasteiger partial charge >= 0.3 is 0 Å². The molecule has 2 N–H and O–H groups in total. The summed E-state index contributed by atoms with van der Waals surface area (Å²) in [7, 11) is 0.625. The fraction of sp³-hybridized carbons (Fsp3) is 0.250. The largest absolute Gasteiger partial charge is 0.496 e. The number of rotatable bonds is 6. The Morgan fingerprint density at radius 2 is 1.75 bits per heavy atom. The molecule has 0 spiro atoms. The molecule has 0 aromatic heterocycles. The van der Waals surface area contributed by atoms with Gasteiger partial charge in [0.15, 0.2) is 0 Å². The zero-order chi connectivity index (χ0) is 14.4. The third kappa shape index (κ3) is 3.92. The van der Waals surface area contributed by atoms with E-state index in [1.165, 1.54) is 0 Å². The van der Waals surface area contributed by atoms with Gasteiger partial charge in [-0.05, 0) is 11.6 Å². The van der Waals surface area contributed by atoms with E-state index in [4.69, 9.17) is 10.5 Å². The van der Waals surface area contributed by atoms with E-state index < -0.39 is 10.8 Å². The van der Waals surface area contributed by atoms with Crippen LogP contribution in [0.4, 0.5) is 0 Å². The molecule has 2 aromatic carbocycles. The van der Waals surface area contributed by atoms with Crippen LogP contribution in [0, 0.1) is 0 Å². The Bertz CT molecular complexity index is 572. The number of para-hydroxylation sites is 1. The SMILES string of the molecule is COc1ccccc1C(N)CS(=O)Cc1ccccc1. The van der Waals surface area contributed by atoms with Crippen molar-refractivity contribution in [3.63, 3.8) is 0 Å². The van der Waals surface area contributed by atoms with Crippen LogP contribution in [-0.4, -0.2) is 17.1 Å². The van der Waals surface area contributed by atoms with Crippen LogP contribution < -0.4 is 10.5 Å². The van der Waals surface area contributed by atoms with Crippen molar-refractivity contribution in [3.8, 4) is 5.75 Å². The van der Waals surface area contributed by atoms with Crippen LogP contribution in [0.15, 0.2) is 54.6 Å². The van der Waals surface area contributed by atoms with Crippen molar-refractivity contribution < 1.29 is 8.95 Å². The van der Waals surface area contributed by atoms with Gasteiger partial charge in [-0.1, -0.05) is 48.5 Å². The summed E-state index contributed by atoms with van der Waals surface area (Å²) < 4.78 is 17.5. The molecular formula is C16H19NO2S. The number of benzene rings is 2. The van der Waals surface area contributed by atoms with Crippen LogP contribution >= 0.6 is 0 Å². The quantitative estimate of drug-likeness (QED) is 0.889. The van der Waals surface area contributed by atoms with Crippen molar-refractivity contribution in [3.05, 3.63) is 65.7 Å². The van der Waals surface area contributed by atoms with E-state index in [1.54, 1.807) is 7.11 Å². The van der Waals surface area contributed by atoms with Crippen molar-refractivity contribution in [2.45, 2.75) is 11.8 Å². The molecule has 0 aliphatic heterocycles. The third-order valence-electron chi connectivity index (χ3n) is 3.07. The lowest BCUT2D eigenvalue weighted by Crippen LogP contribution is -2.19. The van der Waals surface area contributed by atoms with E-state index in [9.17, 15) is 4.21 Å². The van der Waals surface area contributed by atoms with Gasteiger partial charge in [-0.2, -0.15) is 0 Å². The fourth-order valence-electron chi connectivity index (χ4n) is 2.08. The maximum absolute atomic E-state index is 12.2. The zero-order valence-electron chi connectivity index (χ0n) is 11.5. The third-order valence-corrected chi connectivity index (χ3v) is 4.46. The minimum Gasteiger partial charge on any atom is -0.496 e. The van der Waals surface area contributed by atoms with Crippen LogP contribution in [0.2, 0.25) is 0 Å². The highest BCUT2D eigenvalue weighted by Gasteiger charge is 2.14. The van der Waals surface area contributed by atoms with Gasteiger partial charge in [0, 0.05) is 33.9 Å². The first-order valence-electron chi connectivity index (χ1n) is 6.48. The molecule has 2 atom stereocenters. The van der Waals surface area contributed by atoms with E-state index in [1.807, 2.05) is 54.6 Å². The summed E-state index contributed by atoms with van der Waals surface area (Å²) in [6.07, 6.45) is 0. The van der Waals surface area contributed by atoms with E-state index in [0.29, 0.717) is 11.5 Å². The predicted octanol–water partition coefficient (Wildman–Crippen LogP) is 2.64. The number of hydrogen-bond acceptors (Lipinski definition) is 3. The van der Waals surface area contributed by atoms with Gasteiger partial charge in [0.2, 0.25) is 0 Å². The molecule has 0 heterocycles. The standard InChI is InChI=1S/C16H19NO2S/c1-19-16-10-6-5-9-14(16)15(17)12-20(18)11-13-7-3-2-4-8-13/h2-10,15H,11-12,17H2,1H3. The summed E-state index contributed by atoms with van der Waals surface area (Å²) in [5, 5.41) is 0. The number of nitrogens with two attached hydrogens (primary N) is 1. The molecule has 0 aliphatic carbocycles. The highest BCUT2D eigenvalue weighted by Crippen LogP contribution is 2.24. The fourth-order valence-corrected chi connectivity index (χ4v) is 3.34. The Balaban J connectivity index is 2.00. The molecule has 0 aliphatic rings. The predicted molar refractivity (Wildman–Crippen MR) is 83.1 cm³/mol. The van der Waals surface area contributed by atoms with Crippen LogP contribution in [0.3, 0.4) is 0 Å². The Kier molecular flexibility index (Phi) is 5.32. The van der Waals surface area contributed by atoms with Crippen molar-refractivity contribution in [2.24, 2.45) is 5.73 Å². The highest BCUT2D eigenvalue weighted by atomic mass is 32.2. The van der Waals surface area contributed by atoms with Gasteiger partial charge in [-0.15, -0.1) is 0 Å². The van der Waals surface area contributed by atoms with Crippen molar-refractivity contribution in [1.82, 2.24) is 0 Å². The summed E-state index contributed by atoms with van der Waals surface area (Å²) in [5.74, 6) is 1.70. The monoisotopic (exact) mass is 289 g/mol. The van der Waals surface area contributed by atoms with E-state index in [0.717, 1.165) is 16.9 Å². The van der Waals surface area contributed by atoms with Crippen LogP contribution in [0.5, 0.6) is 5.75 Å². The van der Waals surface area contributed by atoms with Gasteiger partial charge in [0.05, 0.1) is 7.11 Å². The molecule has 2 aromatic rings. The summed E-state index contributed by atoms with van der Waals surface area (Å²) in [5.41, 5.74) is 8.12. The Morgan fingerprint density at radius 1 is 1.10 bits per heavy atom. The van der Waals surface area contributed by atoms with Crippen LogP contribution in [0.1, 0.15) is 17.2 Å². The Morgan fingerprint density at radius 3 is 2.45 bits per heavy atom. The topological polar surface area (TPSA) is 52.3 Å². The minimum absolute atomic E-state index is 0.282. The van der Waals surface area contributed by atoms with E-state index in [2.05, 4.69) is 0 Å². The average Bonchev–Trinajstić information content (AvgIpc) is 2.48. The molecule has 2 rings (SSSR count). The molecule has 0 saturated heterocycles. The van der Waals surface area contributed by atoms with Crippen molar-refractivity contribution in [2.75, 3.05) is 12.9 Å². The first-order chi connectivity index (χ1) is 9.70. The molecule has 0 bridgehead atoms. The summed E-state index contributed by atoms with van der Waals surface area (Å²) in [6, 6.07) is 17.1. The van der Waals surface area contributed by atoms with Gasteiger partial charge in [-0.25, -0.2) is 0 Å². The minimum atomic E-state index is -0.992. The molecule has 4 heteroatoms. The lowest BCUT2D eigenvalue weighted by Gasteiger charge is -2.15. The highest BCUT2D eigenvalue weighted by molar-refractivity contribution is 7.84. The number of hydrogen-bond donors (Lipinski definition) is 1. The molecule has 0 radical (unpaired) electrons.